The van der Waals surface area contributed by atoms with Gasteiger partial charge in [0.15, 0.2) is 0 Å². The number of benzene rings is 1. The fourth-order valence-electron chi connectivity index (χ4n) is 3.07. The van der Waals surface area contributed by atoms with Gasteiger partial charge in [-0.05, 0) is 37.9 Å². The lowest BCUT2D eigenvalue weighted by atomic mass is 9.87. The van der Waals surface area contributed by atoms with Gasteiger partial charge in [-0.15, -0.1) is 0 Å². The van der Waals surface area contributed by atoms with E-state index in [-0.39, 0.29) is 11.6 Å². The molecule has 3 heteroatoms. The van der Waals surface area contributed by atoms with Crippen LogP contribution in [0, 0.1) is 17.6 Å². The lowest BCUT2D eigenvalue weighted by molar-refractivity contribution is 0.324. The summed E-state index contributed by atoms with van der Waals surface area (Å²) in [6, 6.07) is 3.91. The molecule has 0 radical (unpaired) electrons. The first kappa shape index (κ1) is 13.5. The highest BCUT2D eigenvalue weighted by Gasteiger charge is 2.27. The van der Waals surface area contributed by atoms with Gasteiger partial charge in [0.25, 0.3) is 0 Å². The topological polar surface area (TPSA) is 12.0 Å². The van der Waals surface area contributed by atoms with E-state index in [1.807, 2.05) is 0 Å². The average molecular weight is 253 g/mol. The molecule has 18 heavy (non-hydrogen) atoms. The molecule has 0 bridgehead atoms. The van der Waals surface area contributed by atoms with Crippen molar-refractivity contribution in [2.45, 2.75) is 44.6 Å². The molecular formula is C15H21F2N. The van der Waals surface area contributed by atoms with Crippen LogP contribution in [0.2, 0.25) is 0 Å². The van der Waals surface area contributed by atoms with Crippen LogP contribution in [0.1, 0.15) is 50.1 Å². The third-order valence-electron chi connectivity index (χ3n) is 3.99. The minimum atomic E-state index is -0.432. The summed E-state index contributed by atoms with van der Waals surface area (Å²) in [5, 5.41) is 3.12. The molecule has 1 saturated carbocycles. The Kier molecular flexibility index (Phi) is 4.70. The van der Waals surface area contributed by atoms with E-state index in [9.17, 15) is 8.78 Å². The van der Waals surface area contributed by atoms with E-state index < -0.39 is 11.6 Å². The standard InChI is InChI=1S/C15H21F2N/c1-18-15(11-7-4-2-3-5-8-11)14-12(16)9-6-10-13(14)17/h6,9-11,15,18H,2-5,7-8H2,1H3. The molecule has 0 amide bonds. The Morgan fingerprint density at radius 1 is 1.06 bits per heavy atom. The summed E-state index contributed by atoms with van der Waals surface area (Å²) < 4.78 is 27.7. The number of rotatable bonds is 3. The van der Waals surface area contributed by atoms with Crippen molar-refractivity contribution in [1.82, 2.24) is 5.32 Å². The van der Waals surface area contributed by atoms with Crippen LogP contribution in [0.4, 0.5) is 8.78 Å². The Morgan fingerprint density at radius 3 is 2.11 bits per heavy atom. The van der Waals surface area contributed by atoms with Crippen LogP contribution in [0.3, 0.4) is 0 Å². The van der Waals surface area contributed by atoms with Gasteiger partial charge in [0.1, 0.15) is 11.6 Å². The van der Waals surface area contributed by atoms with Crippen LogP contribution in [0.5, 0.6) is 0 Å². The second-order valence-electron chi connectivity index (χ2n) is 5.15. The van der Waals surface area contributed by atoms with Gasteiger partial charge in [0, 0.05) is 11.6 Å². The average Bonchev–Trinajstić information content (AvgIpc) is 2.63. The maximum Gasteiger partial charge on any atom is 0.130 e. The summed E-state index contributed by atoms with van der Waals surface area (Å²) in [6.45, 7) is 0. The maximum atomic E-state index is 13.9. The van der Waals surface area contributed by atoms with Crippen LogP contribution >= 0.6 is 0 Å². The minimum absolute atomic E-state index is 0.204. The summed E-state index contributed by atoms with van der Waals surface area (Å²) in [5.41, 5.74) is 0.215. The molecule has 1 atom stereocenters. The van der Waals surface area contributed by atoms with Gasteiger partial charge in [-0.2, -0.15) is 0 Å². The summed E-state index contributed by atoms with van der Waals surface area (Å²) in [4.78, 5) is 0. The van der Waals surface area contributed by atoms with Crippen LogP contribution < -0.4 is 5.32 Å². The number of hydrogen-bond donors (Lipinski definition) is 1. The van der Waals surface area contributed by atoms with E-state index in [1.54, 1.807) is 7.05 Å². The Balaban J connectivity index is 2.26. The van der Waals surface area contributed by atoms with Crippen LogP contribution in [-0.2, 0) is 0 Å². The zero-order valence-corrected chi connectivity index (χ0v) is 10.9. The quantitative estimate of drug-likeness (QED) is 0.796. The van der Waals surface area contributed by atoms with E-state index >= 15 is 0 Å². The van der Waals surface area contributed by atoms with E-state index in [2.05, 4.69) is 5.32 Å². The van der Waals surface area contributed by atoms with Crippen molar-refractivity contribution in [3.63, 3.8) is 0 Å². The molecule has 1 nitrogen and oxygen atoms in total. The summed E-state index contributed by atoms with van der Waals surface area (Å²) in [7, 11) is 1.79. The Bertz CT molecular complexity index is 364. The summed E-state index contributed by atoms with van der Waals surface area (Å²) >= 11 is 0. The molecule has 0 saturated heterocycles. The van der Waals surface area contributed by atoms with Gasteiger partial charge in [0.2, 0.25) is 0 Å². The molecule has 1 aromatic carbocycles. The van der Waals surface area contributed by atoms with Crippen molar-refractivity contribution in [2.75, 3.05) is 7.05 Å². The zero-order chi connectivity index (χ0) is 13.0. The van der Waals surface area contributed by atoms with Gasteiger partial charge in [0.05, 0.1) is 0 Å². The van der Waals surface area contributed by atoms with Gasteiger partial charge < -0.3 is 5.32 Å². The van der Waals surface area contributed by atoms with Gasteiger partial charge in [-0.3, -0.25) is 0 Å². The summed E-state index contributed by atoms with van der Waals surface area (Å²) in [5.74, 6) is -0.527. The van der Waals surface area contributed by atoms with Gasteiger partial charge in [-0.25, -0.2) is 8.78 Å². The first-order chi connectivity index (χ1) is 8.74. The van der Waals surface area contributed by atoms with Crippen molar-refractivity contribution in [3.05, 3.63) is 35.4 Å². The lowest BCUT2D eigenvalue weighted by Crippen LogP contribution is -2.27. The number of nitrogens with one attached hydrogen (secondary N) is 1. The second-order valence-corrected chi connectivity index (χ2v) is 5.15. The molecule has 2 rings (SSSR count). The molecular weight excluding hydrogens is 232 g/mol. The predicted octanol–water partition coefficient (Wildman–Crippen LogP) is 4.20. The maximum absolute atomic E-state index is 13.9. The Hall–Kier alpha value is -0.960. The smallest absolute Gasteiger partial charge is 0.130 e. The Morgan fingerprint density at radius 2 is 1.61 bits per heavy atom. The molecule has 1 unspecified atom stereocenters. The normalized spacial score (nSPS) is 19.5. The molecule has 0 heterocycles. The highest BCUT2D eigenvalue weighted by atomic mass is 19.1. The first-order valence-corrected chi connectivity index (χ1v) is 6.85. The zero-order valence-electron chi connectivity index (χ0n) is 10.9. The monoisotopic (exact) mass is 253 g/mol. The molecule has 1 aromatic rings. The third-order valence-corrected chi connectivity index (χ3v) is 3.99. The van der Waals surface area contributed by atoms with Crippen molar-refractivity contribution in [2.24, 2.45) is 5.92 Å². The van der Waals surface area contributed by atoms with Crippen molar-refractivity contribution < 1.29 is 8.78 Å². The third kappa shape index (κ3) is 2.89. The molecule has 1 aliphatic carbocycles. The molecule has 1 N–H and O–H groups in total. The first-order valence-electron chi connectivity index (χ1n) is 6.85. The SMILES string of the molecule is CNC(c1c(F)cccc1F)C1CCCCCC1. The van der Waals surface area contributed by atoms with Crippen molar-refractivity contribution >= 4 is 0 Å². The fourth-order valence-corrected chi connectivity index (χ4v) is 3.07. The predicted molar refractivity (Wildman–Crippen MR) is 69.4 cm³/mol. The fraction of sp³-hybridized carbons (Fsp3) is 0.600. The molecule has 100 valence electrons. The van der Waals surface area contributed by atoms with E-state index in [0.717, 1.165) is 12.8 Å². The molecule has 0 aliphatic heterocycles. The van der Waals surface area contributed by atoms with Gasteiger partial charge >= 0.3 is 0 Å². The Labute approximate surface area is 108 Å². The largest absolute Gasteiger partial charge is 0.313 e. The molecule has 0 spiro atoms. The molecule has 1 aliphatic rings. The summed E-state index contributed by atoms with van der Waals surface area (Å²) in [6.07, 6.45) is 6.93. The van der Waals surface area contributed by atoms with Crippen LogP contribution in [0.15, 0.2) is 18.2 Å². The minimum Gasteiger partial charge on any atom is -0.313 e. The number of hydrogen-bond acceptors (Lipinski definition) is 1. The van der Waals surface area contributed by atoms with Crippen LogP contribution in [0.25, 0.3) is 0 Å². The van der Waals surface area contributed by atoms with Gasteiger partial charge in [-0.1, -0.05) is 31.7 Å². The second kappa shape index (κ2) is 6.28. The highest BCUT2D eigenvalue weighted by Crippen LogP contribution is 2.35. The lowest BCUT2D eigenvalue weighted by Gasteiger charge is -2.27. The van der Waals surface area contributed by atoms with E-state index in [0.29, 0.717) is 5.92 Å². The van der Waals surface area contributed by atoms with Crippen molar-refractivity contribution in [3.8, 4) is 0 Å². The van der Waals surface area contributed by atoms with Crippen LogP contribution in [-0.4, -0.2) is 7.05 Å². The highest BCUT2D eigenvalue weighted by molar-refractivity contribution is 5.24. The number of halogens is 2. The van der Waals surface area contributed by atoms with Crippen molar-refractivity contribution in [1.29, 1.82) is 0 Å². The van der Waals surface area contributed by atoms with E-state index in [1.165, 1.54) is 43.9 Å². The molecule has 0 aromatic heterocycles. The molecule has 1 fully saturated rings. The van der Waals surface area contributed by atoms with E-state index in [4.69, 9.17) is 0 Å².